The van der Waals surface area contributed by atoms with Crippen molar-refractivity contribution >= 4 is 21.7 Å². The van der Waals surface area contributed by atoms with Crippen LogP contribution in [0.3, 0.4) is 0 Å². The van der Waals surface area contributed by atoms with Crippen molar-refractivity contribution in [1.29, 1.82) is 0 Å². The lowest BCUT2D eigenvalue weighted by molar-refractivity contribution is -0.136. The number of ketones is 2. The molecule has 3 fully saturated rings. The van der Waals surface area contributed by atoms with Crippen molar-refractivity contribution in [1.82, 2.24) is 0 Å². The number of Topliss-reactive ketones (excluding diaryl/α,β-unsaturated/α-hetero) is 2. The van der Waals surface area contributed by atoms with Gasteiger partial charge in [0, 0.05) is 5.92 Å². The summed E-state index contributed by atoms with van der Waals surface area (Å²) in [7, 11) is -4.22. The Bertz CT molecular complexity index is 464. The topological polar surface area (TPSA) is 88.5 Å². The molecule has 2 bridgehead atoms. The van der Waals surface area contributed by atoms with Crippen LogP contribution in [0.1, 0.15) is 20.3 Å². The smallest absolute Gasteiger partial charge is 0.265 e. The molecular weight excluding hydrogens is 232 g/mol. The highest BCUT2D eigenvalue weighted by Crippen LogP contribution is 2.62. The quantitative estimate of drug-likeness (QED) is 0.571. The Morgan fingerprint density at radius 3 is 2.38 bits per heavy atom. The van der Waals surface area contributed by atoms with Crippen LogP contribution < -0.4 is 0 Å². The predicted molar refractivity (Wildman–Crippen MR) is 55.3 cm³/mol. The molecule has 3 aliphatic carbocycles. The predicted octanol–water partition coefficient (Wildman–Crippen LogP) is 0.304. The van der Waals surface area contributed by atoms with Gasteiger partial charge in [-0.15, -0.1) is 0 Å². The maximum absolute atomic E-state index is 11.7. The number of carbonyl (C=O) groups excluding carboxylic acids is 2. The summed E-state index contributed by atoms with van der Waals surface area (Å²) >= 11 is 0. The van der Waals surface area contributed by atoms with E-state index in [0.29, 0.717) is 0 Å². The molecule has 0 aromatic heterocycles. The molecule has 0 radical (unpaired) electrons. The Hall–Kier alpha value is -0.750. The zero-order valence-electron chi connectivity index (χ0n) is 9.13. The molecule has 3 rings (SSSR count). The van der Waals surface area contributed by atoms with E-state index in [4.69, 9.17) is 4.55 Å². The van der Waals surface area contributed by atoms with Gasteiger partial charge in [0.05, 0.1) is 11.2 Å². The summed E-state index contributed by atoms with van der Waals surface area (Å²) in [4.78, 5) is 23.3. The Morgan fingerprint density at radius 1 is 1.44 bits per heavy atom. The van der Waals surface area contributed by atoms with Crippen molar-refractivity contribution in [2.24, 2.45) is 23.2 Å². The Balaban J connectivity index is 2.39. The van der Waals surface area contributed by atoms with E-state index in [1.807, 2.05) is 13.8 Å². The van der Waals surface area contributed by atoms with Gasteiger partial charge in [-0.2, -0.15) is 8.42 Å². The third-order valence-corrected chi connectivity index (χ3v) is 4.71. The number of hydrogen-bond donors (Lipinski definition) is 1. The molecule has 0 amide bonds. The summed E-state index contributed by atoms with van der Waals surface area (Å²) in [5.74, 6) is -2.15. The van der Waals surface area contributed by atoms with Gasteiger partial charge >= 0.3 is 0 Å². The van der Waals surface area contributed by atoms with Crippen LogP contribution in [0.25, 0.3) is 0 Å². The van der Waals surface area contributed by atoms with Crippen LogP contribution in [0.15, 0.2) is 0 Å². The maximum Gasteiger partial charge on any atom is 0.265 e. The summed E-state index contributed by atoms with van der Waals surface area (Å²) in [5, 5.41) is 0. The Labute approximate surface area is 94.0 Å². The van der Waals surface area contributed by atoms with E-state index >= 15 is 0 Å². The molecule has 0 spiro atoms. The highest BCUT2D eigenvalue weighted by Gasteiger charge is 2.71. The molecule has 5 nitrogen and oxygen atoms in total. The van der Waals surface area contributed by atoms with Crippen molar-refractivity contribution in [2.45, 2.75) is 20.3 Å². The zero-order chi connectivity index (χ0) is 12.3. The fourth-order valence-electron chi connectivity index (χ4n) is 3.44. The number of fused-ring (bicyclic) bond motifs is 1. The van der Waals surface area contributed by atoms with Gasteiger partial charge in [-0.05, 0) is 18.3 Å². The second kappa shape index (κ2) is 3.13. The van der Waals surface area contributed by atoms with Crippen LogP contribution in [0.5, 0.6) is 0 Å². The van der Waals surface area contributed by atoms with Crippen molar-refractivity contribution in [3.63, 3.8) is 0 Å². The van der Waals surface area contributed by atoms with E-state index in [2.05, 4.69) is 0 Å². The van der Waals surface area contributed by atoms with Crippen molar-refractivity contribution in [3.05, 3.63) is 0 Å². The first-order valence-corrected chi connectivity index (χ1v) is 6.84. The number of hydrogen-bond acceptors (Lipinski definition) is 4. The fraction of sp³-hybridized carbons (Fsp3) is 0.800. The molecule has 3 unspecified atom stereocenters. The van der Waals surface area contributed by atoms with Gasteiger partial charge in [0.1, 0.15) is 0 Å². The average molecular weight is 246 g/mol. The molecule has 0 aromatic carbocycles. The molecule has 16 heavy (non-hydrogen) atoms. The van der Waals surface area contributed by atoms with Gasteiger partial charge in [0.15, 0.2) is 0 Å². The number of carbonyl (C=O) groups is 2. The molecule has 3 aliphatic rings. The lowest BCUT2D eigenvalue weighted by atomic mass is 9.57. The molecule has 3 saturated carbocycles. The van der Waals surface area contributed by atoms with Gasteiger partial charge < -0.3 is 0 Å². The minimum Gasteiger partial charge on any atom is -0.291 e. The van der Waals surface area contributed by atoms with Crippen LogP contribution in [0.2, 0.25) is 0 Å². The first kappa shape index (κ1) is 11.7. The lowest BCUT2D eigenvalue weighted by Crippen LogP contribution is -2.50. The largest absolute Gasteiger partial charge is 0.291 e. The van der Waals surface area contributed by atoms with E-state index < -0.39 is 32.9 Å². The summed E-state index contributed by atoms with van der Waals surface area (Å²) in [6.45, 7) is 3.73. The van der Waals surface area contributed by atoms with Gasteiger partial charge in [-0.3, -0.25) is 14.1 Å². The molecule has 0 saturated heterocycles. The molecular formula is C10H14O5S. The molecule has 0 aromatic rings. The lowest BCUT2D eigenvalue weighted by Gasteiger charge is -2.46. The summed E-state index contributed by atoms with van der Waals surface area (Å²) in [6.07, 6.45) is 0.285. The van der Waals surface area contributed by atoms with Crippen molar-refractivity contribution in [3.8, 4) is 0 Å². The van der Waals surface area contributed by atoms with E-state index in [1.165, 1.54) is 0 Å². The summed E-state index contributed by atoms with van der Waals surface area (Å²) < 4.78 is 30.7. The van der Waals surface area contributed by atoms with Gasteiger partial charge in [0.25, 0.3) is 10.1 Å². The average Bonchev–Trinajstić information content (AvgIpc) is 2.35. The third kappa shape index (κ3) is 1.36. The van der Waals surface area contributed by atoms with Crippen LogP contribution in [-0.4, -0.2) is 30.3 Å². The molecule has 0 heterocycles. The van der Waals surface area contributed by atoms with Crippen LogP contribution in [0.4, 0.5) is 0 Å². The monoisotopic (exact) mass is 246 g/mol. The molecule has 6 heteroatoms. The first-order valence-electron chi connectivity index (χ1n) is 5.23. The number of rotatable bonds is 3. The van der Waals surface area contributed by atoms with Gasteiger partial charge in [-0.25, -0.2) is 0 Å². The maximum atomic E-state index is 11.7. The summed E-state index contributed by atoms with van der Waals surface area (Å²) in [6, 6.07) is 0. The van der Waals surface area contributed by atoms with Crippen molar-refractivity contribution < 1.29 is 22.6 Å². The minimum atomic E-state index is -4.22. The fourth-order valence-corrected chi connectivity index (χ4v) is 4.53. The highest BCUT2D eigenvalue weighted by atomic mass is 32.2. The van der Waals surface area contributed by atoms with Gasteiger partial charge in [0.2, 0.25) is 11.6 Å². The minimum absolute atomic E-state index is 0.0656. The molecule has 3 atom stereocenters. The Kier molecular flexibility index (Phi) is 2.30. The Morgan fingerprint density at radius 2 is 2.00 bits per heavy atom. The standard InChI is InChI=1S/C10H14O5S/c1-5(2)7-6-3-10(7,4-16(13,14)15)9(12)8(6)11/h5-7H,3-4H2,1-2H3,(H,13,14,15). The second-order valence-corrected chi connectivity index (χ2v) is 6.61. The van der Waals surface area contributed by atoms with Crippen molar-refractivity contribution in [2.75, 3.05) is 5.75 Å². The SMILES string of the molecule is CC(C)C1C2CC1(CS(=O)(=O)O)C(=O)C2=O. The summed E-state index contributed by atoms with van der Waals surface area (Å²) in [5.41, 5.74) is -1.14. The normalized spacial score (nSPS) is 38.0. The van der Waals surface area contributed by atoms with Gasteiger partial charge in [-0.1, -0.05) is 13.8 Å². The van der Waals surface area contributed by atoms with Crippen LogP contribution in [-0.2, 0) is 19.7 Å². The van der Waals surface area contributed by atoms with E-state index in [9.17, 15) is 18.0 Å². The van der Waals surface area contributed by atoms with E-state index in [0.717, 1.165) is 0 Å². The first-order chi connectivity index (χ1) is 7.19. The highest BCUT2D eigenvalue weighted by molar-refractivity contribution is 7.85. The van der Waals surface area contributed by atoms with Crippen LogP contribution >= 0.6 is 0 Å². The van der Waals surface area contributed by atoms with E-state index in [-0.39, 0.29) is 24.2 Å². The molecule has 90 valence electrons. The van der Waals surface area contributed by atoms with E-state index in [1.54, 1.807) is 0 Å². The third-order valence-electron chi connectivity index (χ3n) is 3.83. The molecule has 1 N–H and O–H groups in total. The zero-order valence-corrected chi connectivity index (χ0v) is 9.95. The second-order valence-electron chi connectivity index (χ2n) is 5.16. The molecule has 0 aliphatic heterocycles. The van der Waals surface area contributed by atoms with Crippen LogP contribution in [0, 0.1) is 23.2 Å².